The molecule has 3 rings (SSSR count). The number of nitrogens with one attached hydrogen (secondary N) is 1. The van der Waals surface area contributed by atoms with Crippen molar-refractivity contribution in [2.45, 2.75) is 44.2 Å². The van der Waals surface area contributed by atoms with Crippen LogP contribution in [0.15, 0.2) is 11.4 Å². The van der Waals surface area contributed by atoms with E-state index in [0.29, 0.717) is 0 Å². The molecule has 1 amide bonds. The highest BCUT2D eigenvalue weighted by Gasteiger charge is 2.42. The Labute approximate surface area is 143 Å². The Balaban J connectivity index is 1.71. The van der Waals surface area contributed by atoms with Crippen LogP contribution in [-0.2, 0) is 4.79 Å². The van der Waals surface area contributed by atoms with E-state index in [2.05, 4.69) is 35.2 Å². The number of fused-ring (bicyclic) bond motifs is 1. The van der Waals surface area contributed by atoms with E-state index in [1.807, 2.05) is 6.92 Å². The summed E-state index contributed by atoms with van der Waals surface area (Å²) >= 11 is 3.05. The molecule has 0 bridgehead atoms. The maximum Gasteiger partial charge on any atom is 0.231 e. The molecule has 5 nitrogen and oxygen atoms in total. The van der Waals surface area contributed by atoms with Crippen LogP contribution in [0.25, 0.3) is 10.2 Å². The number of amides is 1. The third kappa shape index (κ3) is 3.19. The lowest BCUT2D eigenvalue weighted by Crippen LogP contribution is -2.47. The molecule has 1 atom stereocenters. The zero-order valence-electron chi connectivity index (χ0n) is 13.3. The van der Waals surface area contributed by atoms with Crippen molar-refractivity contribution >= 4 is 39.2 Å². The highest BCUT2D eigenvalue weighted by molar-refractivity contribution is 8.00. The highest BCUT2D eigenvalue weighted by Crippen LogP contribution is 2.39. The van der Waals surface area contributed by atoms with Crippen LogP contribution in [0.3, 0.4) is 0 Å². The minimum atomic E-state index is -0.743. The zero-order valence-corrected chi connectivity index (χ0v) is 15.0. The molecule has 1 N–H and O–H groups in total. The second kappa shape index (κ2) is 6.10. The monoisotopic (exact) mass is 346 g/mol. The van der Waals surface area contributed by atoms with Gasteiger partial charge in [-0.3, -0.25) is 4.79 Å². The van der Waals surface area contributed by atoms with Crippen LogP contribution in [0.1, 0.15) is 30.2 Å². The molecule has 0 aliphatic heterocycles. The molecule has 2 heterocycles. The summed E-state index contributed by atoms with van der Waals surface area (Å²) in [4.78, 5) is 23.0. The van der Waals surface area contributed by atoms with Crippen molar-refractivity contribution in [1.29, 1.82) is 5.26 Å². The van der Waals surface area contributed by atoms with Gasteiger partial charge in [-0.2, -0.15) is 5.26 Å². The lowest BCUT2D eigenvalue weighted by atomic mass is 9.98. The molecule has 23 heavy (non-hydrogen) atoms. The van der Waals surface area contributed by atoms with Gasteiger partial charge in [0.1, 0.15) is 21.7 Å². The number of carbonyl (C=O) groups is 1. The van der Waals surface area contributed by atoms with Crippen molar-refractivity contribution in [2.75, 3.05) is 5.75 Å². The Hall–Kier alpha value is -1.65. The number of hydrogen-bond acceptors (Lipinski definition) is 6. The summed E-state index contributed by atoms with van der Waals surface area (Å²) in [5.74, 6) is 0.418. The Morgan fingerprint density at radius 3 is 2.91 bits per heavy atom. The lowest BCUT2D eigenvalue weighted by Gasteiger charge is -2.22. The predicted molar refractivity (Wildman–Crippen MR) is 92.5 cm³/mol. The van der Waals surface area contributed by atoms with Crippen LogP contribution >= 0.6 is 23.1 Å². The molecule has 1 aliphatic carbocycles. The number of nitriles is 1. The van der Waals surface area contributed by atoms with Gasteiger partial charge in [0, 0.05) is 10.3 Å². The minimum Gasteiger partial charge on any atom is -0.337 e. The fourth-order valence-corrected chi connectivity index (χ4v) is 4.52. The van der Waals surface area contributed by atoms with Crippen molar-refractivity contribution in [3.8, 4) is 6.07 Å². The molecule has 0 unspecified atom stereocenters. The molecule has 2 aromatic rings. The second-order valence-electron chi connectivity index (χ2n) is 6.07. The van der Waals surface area contributed by atoms with E-state index in [4.69, 9.17) is 0 Å². The van der Waals surface area contributed by atoms with E-state index >= 15 is 0 Å². The third-order valence-electron chi connectivity index (χ3n) is 4.30. The van der Waals surface area contributed by atoms with Crippen LogP contribution in [0, 0.1) is 31.1 Å². The summed E-state index contributed by atoms with van der Waals surface area (Å²) in [6, 6.07) is 2.25. The third-order valence-corrected chi connectivity index (χ3v) is 6.40. The molecular weight excluding hydrogens is 328 g/mol. The summed E-state index contributed by atoms with van der Waals surface area (Å²) in [6.45, 7) is 5.93. The first kappa shape index (κ1) is 16.2. The number of aromatic nitrogens is 2. The predicted octanol–water partition coefficient (Wildman–Crippen LogP) is 3.21. The molecule has 1 aliphatic rings. The van der Waals surface area contributed by atoms with Crippen molar-refractivity contribution in [3.05, 3.63) is 16.8 Å². The van der Waals surface area contributed by atoms with E-state index in [1.54, 1.807) is 17.7 Å². The summed E-state index contributed by atoms with van der Waals surface area (Å²) in [5.41, 5.74) is 0.432. The van der Waals surface area contributed by atoms with Gasteiger partial charge in [0.05, 0.1) is 11.8 Å². The first-order valence-corrected chi connectivity index (χ1v) is 9.30. The van der Waals surface area contributed by atoms with E-state index in [0.717, 1.165) is 28.1 Å². The molecular formula is C16H18N4OS2. The van der Waals surface area contributed by atoms with Crippen molar-refractivity contribution in [2.24, 2.45) is 5.92 Å². The normalized spacial score (nSPS) is 16.8. The van der Waals surface area contributed by atoms with Gasteiger partial charge in [-0.1, -0.05) is 11.8 Å². The first-order chi connectivity index (χ1) is 10.9. The van der Waals surface area contributed by atoms with Crippen molar-refractivity contribution < 1.29 is 4.79 Å². The average Bonchev–Trinajstić information content (AvgIpc) is 3.33. The van der Waals surface area contributed by atoms with Gasteiger partial charge in [-0.25, -0.2) is 9.97 Å². The molecule has 0 saturated heterocycles. The highest BCUT2D eigenvalue weighted by atomic mass is 32.2. The van der Waals surface area contributed by atoms with E-state index in [1.165, 1.54) is 22.2 Å². The summed E-state index contributed by atoms with van der Waals surface area (Å²) in [7, 11) is 0. The van der Waals surface area contributed by atoms with Crippen LogP contribution in [0.4, 0.5) is 0 Å². The fourth-order valence-electron chi connectivity index (χ4n) is 2.60. The van der Waals surface area contributed by atoms with Gasteiger partial charge in [-0.15, -0.1) is 11.3 Å². The Kier molecular flexibility index (Phi) is 4.30. The van der Waals surface area contributed by atoms with Crippen LogP contribution in [0.2, 0.25) is 0 Å². The number of nitrogens with zero attached hydrogens (tertiary/aromatic N) is 3. The number of rotatable bonds is 5. The smallest absolute Gasteiger partial charge is 0.231 e. The molecule has 0 radical (unpaired) electrons. The van der Waals surface area contributed by atoms with Gasteiger partial charge in [0.2, 0.25) is 5.91 Å². The van der Waals surface area contributed by atoms with E-state index in [-0.39, 0.29) is 17.6 Å². The maximum absolute atomic E-state index is 12.2. The second-order valence-corrected chi connectivity index (χ2v) is 8.23. The first-order valence-electron chi connectivity index (χ1n) is 7.50. The van der Waals surface area contributed by atoms with Crippen LogP contribution in [0.5, 0.6) is 0 Å². The summed E-state index contributed by atoms with van der Waals surface area (Å²) in [6.07, 6.45) is 3.57. The molecule has 0 aromatic carbocycles. The van der Waals surface area contributed by atoms with Gasteiger partial charge in [-0.05, 0) is 45.1 Å². The number of aryl methyl sites for hydroxylation is 2. The fraction of sp³-hybridized carbons (Fsp3) is 0.500. The largest absolute Gasteiger partial charge is 0.337 e. The molecule has 0 spiro atoms. The molecule has 1 saturated carbocycles. The molecule has 1 fully saturated rings. The van der Waals surface area contributed by atoms with E-state index < -0.39 is 5.54 Å². The zero-order chi connectivity index (χ0) is 16.6. The standard InChI is InChI=1S/C16H18N4OS2/c1-9-10(2)23-15-13(9)14(18-8-19-15)22-6-12(21)20-16(3,7-17)11-4-5-11/h8,11H,4-6H2,1-3H3,(H,20,21)/t16-/m1/s1. The van der Waals surface area contributed by atoms with Gasteiger partial charge in [0.25, 0.3) is 0 Å². The molecule has 120 valence electrons. The SMILES string of the molecule is Cc1sc2ncnc(SCC(=O)N[C@](C)(C#N)C3CC3)c2c1C. The number of hydrogen-bond donors (Lipinski definition) is 1. The van der Waals surface area contributed by atoms with Gasteiger partial charge < -0.3 is 5.32 Å². The summed E-state index contributed by atoms with van der Waals surface area (Å²) in [5, 5.41) is 14.1. The Morgan fingerprint density at radius 1 is 1.52 bits per heavy atom. The number of thiophene rings is 1. The van der Waals surface area contributed by atoms with Crippen molar-refractivity contribution in [1.82, 2.24) is 15.3 Å². The molecule has 2 aromatic heterocycles. The number of thioether (sulfide) groups is 1. The van der Waals surface area contributed by atoms with Crippen molar-refractivity contribution in [3.63, 3.8) is 0 Å². The lowest BCUT2D eigenvalue weighted by molar-refractivity contribution is -0.119. The topological polar surface area (TPSA) is 78.7 Å². The van der Waals surface area contributed by atoms with Crippen LogP contribution < -0.4 is 5.32 Å². The maximum atomic E-state index is 12.2. The Bertz CT molecular complexity index is 806. The molecule has 7 heteroatoms. The summed E-state index contributed by atoms with van der Waals surface area (Å²) < 4.78 is 0. The average molecular weight is 346 g/mol. The number of carbonyl (C=O) groups excluding carboxylic acids is 1. The van der Waals surface area contributed by atoms with Gasteiger partial charge >= 0.3 is 0 Å². The minimum absolute atomic E-state index is 0.123. The Morgan fingerprint density at radius 2 is 2.26 bits per heavy atom. The van der Waals surface area contributed by atoms with Gasteiger partial charge in [0.15, 0.2) is 0 Å². The van der Waals surface area contributed by atoms with Crippen LogP contribution in [-0.4, -0.2) is 27.2 Å². The van der Waals surface area contributed by atoms with E-state index in [9.17, 15) is 10.1 Å². The quantitative estimate of drug-likeness (QED) is 0.664.